The van der Waals surface area contributed by atoms with Crippen LogP contribution >= 0.6 is 11.3 Å². The molecule has 4 amide bonds. The number of ether oxygens (including phenoxy) is 1. The second-order valence-electron chi connectivity index (χ2n) is 14.4. The zero-order valence-corrected chi connectivity index (χ0v) is 31.2. The SMILES string of the molecule is CCc1nc2cccc(F)c2nc1OC1CC2C(=O)NC3(C(=O)NS(=O)(=O)C4CC4)CC3/C=C\CCCCCC(NC(=O)c3ccc(C)s3)C(=O)N2C1. The lowest BCUT2D eigenvalue weighted by atomic mass is 10.0. The fourth-order valence-electron chi connectivity index (χ4n) is 7.18. The van der Waals surface area contributed by atoms with E-state index in [0.29, 0.717) is 54.6 Å². The number of carbonyl (C=O) groups is 4. The molecule has 3 N–H and O–H groups in total. The maximum absolute atomic E-state index is 14.8. The molecular weight excluding hydrogens is 724 g/mol. The maximum atomic E-state index is 14.8. The molecule has 4 aliphatic rings. The lowest BCUT2D eigenvalue weighted by Gasteiger charge is -2.29. The molecule has 3 aromatic rings. The topological polar surface area (TPSA) is 177 Å². The fraction of sp³-hybridized carbons (Fsp3) is 0.514. The molecular formula is C37H43FN6O7S2. The number of aromatic nitrogens is 2. The number of nitrogens with one attached hydrogen (secondary N) is 3. The Hall–Kier alpha value is -4.44. The van der Waals surface area contributed by atoms with Gasteiger partial charge in [0.1, 0.15) is 34.9 Å². The number of allylic oxidation sites excluding steroid dienone is 1. The van der Waals surface area contributed by atoms with Crippen LogP contribution in [0, 0.1) is 18.7 Å². The van der Waals surface area contributed by atoms with E-state index in [1.807, 2.05) is 32.1 Å². The standard InChI is InChI=1S/C37H43FN6O7S2/c1-3-26-34(41-31-25(38)11-9-13-27(31)39-26)51-23-18-29-32(45)42-37(36(48)43-53(49,50)24-15-16-24)19-22(37)10-7-5-4-6-8-12-28(35(47)44(29)20-23)40-33(46)30-17-14-21(2)52-30/h7,9-11,13-14,17,22-24,28-29H,3-6,8,12,15-16,18-20H2,1-2H3,(H,40,46)(H,42,45)(H,43,48)/b10-7-. The van der Waals surface area contributed by atoms with Crippen LogP contribution in [-0.4, -0.2) is 82.4 Å². The highest BCUT2D eigenvalue weighted by Gasteiger charge is 2.62. The Kier molecular flexibility index (Phi) is 10.3. The first-order chi connectivity index (χ1) is 25.4. The van der Waals surface area contributed by atoms with Crippen LogP contribution in [0.15, 0.2) is 42.5 Å². The number of aryl methyl sites for hydroxylation is 2. The van der Waals surface area contributed by atoms with E-state index in [1.54, 1.807) is 18.2 Å². The number of carbonyl (C=O) groups excluding carboxylic acids is 4. The third-order valence-electron chi connectivity index (χ3n) is 10.4. The summed E-state index contributed by atoms with van der Waals surface area (Å²) in [4.78, 5) is 67.7. The van der Waals surface area contributed by atoms with Gasteiger partial charge in [-0.2, -0.15) is 0 Å². The third-order valence-corrected chi connectivity index (χ3v) is 13.2. The van der Waals surface area contributed by atoms with Gasteiger partial charge in [-0.05, 0) is 76.1 Å². The van der Waals surface area contributed by atoms with Crippen LogP contribution in [-0.2, 0) is 30.8 Å². The van der Waals surface area contributed by atoms with E-state index in [2.05, 4.69) is 25.3 Å². The van der Waals surface area contributed by atoms with Crippen molar-refractivity contribution in [2.24, 2.45) is 5.92 Å². The highest BCUT2D eigenvalue weighted by atomic mass is 32.2. The lowest BCUT2D eigenvalue weighted by Crippen LogP contribution is -2.58. The molecule has 5 unspecified atom stereocenters. The van der Waals surface area contributed by atoms with Gasteiger partial charge in [0, 0.05) is 17.2 Å². The number of rotatable bonds is 8. The van der Waals surface area contributed by atoms with Gasteiger partial charge in [-0.1, -0.05) is 38.0 Å². The van der Waals surface area contributed by atoms with Crippen molar-refractivity contribution in [3.8, 4) is 5.88 Å². The minimum Gasteiger partial charge on any atom is -0.471 e. The van der Waals surface area contributed by atoms with Gasteiger partial charge in [-0.15, -0.1) is 11.3 Å². The second kappa shape index (κ2) is 14.8. The molecule has 2 aliphatic heterocycles. The highest BCUT2D eigenvalue weighted by molar-refractivity contribution is 7.91. The van der Waals surface area contributed by atoms with Crippen molar-refractivity contribution in [3.63, 3.8) is 0 Å². The van der Waals surface area contributed by atoms with Crippen LogP contribution in [0.4, 0.5) is 4.39 Å². The normalized spacial score (nSPS) is 27.1. The summed E-state index contributed by atoms with van der Waals surface area (Å²) in [6.07, 6.45) is 7.73. The molecule has 16 heteroatoms. The number of benzene rings is 1. The monoisotopic (exact) mass is 766 g/mol. The van der Waals surface area contributed by atoms with E-state index in [4.69, 9.17) is 4.74 Å². The second-order valence-corrected chi connectivity index (χ2v) is 17.6. The summed E-state index contributed by atoms with van der Waals surface area (Å²) in [5.74, 6) is -3.28. The average Bonchev–Trinajstić information content (AvgIpc) is 4.01. The molecule has 1 saturated heterocycles. The van der Waals surface area contributed by atoms with Crippen molar-refractivity contribution in [2.75, 3.05) is 6.54 Å². The zero-order chi connectivity index (χ0) is 37.5. The maximum Gasteiger partial charge on any atom is 0.262 e. The molecule has 4 heterocycles. The van der Waals surface area contributed by atoms with Gasteiger partial charge in [-0.25, -0.2) is 22.8 Å². The predicted molar refractivity (Wildman–Crippen MR) is 195 cm³/mol. The van der Waals surface area contributed by atoms with Crippen LogP contribution < -0.4 is 20.1 Å². The van der Waals surface area contributed by atoms with Crippen molar-refractivity contribution in [3.05, 3.63) is 63.7 Å². The van der Waals surface area contributed by atoms with Crippen molar-refractivity contribution in [2.45, 2.75) is 107 Å². The number of para-hydroxylation sites is 1. The molecule has 1 aromatic carbocycles. The van der Waals surface area contributed by atoms with E-state index >= 15 is 0 Å². The summed E-state index contributed by atoms with van der Waals surface area (Å²) >= 11 is 1.31. The Labute approximate surface area is 311 Å². The average molecular weight is 767 g/mol. The van der Waals surface area contributed by atoms with Gasteiger partial charge < -0.3 is 20.3 Å². The number of hydrogen-bond acceptors (Lipinski definition) is 10. The molecule has 3 fully saturated rings. The Morgan fingerprint density at radius 2 is 1.92 bits per heavy atom. The largest absolute Gasteiger partial charge is 0.471 e. The fourth-order valence-corrected chi connectivity index (χ4v) is 9.31. The Morgan fingerprint density at radius 3 is 2.66 bits per heavy atom. The molecule has 0 spiro atoms. The van der Waals surface area contributed by atoms with Gasteiger partial charge in [0.25, 0.3) is 11.8 Å². The lowest BCUT2D eigenvalue weighted by molar-refractivity contribution is -0.141. The van der Waals surface area contributed by atoms with Crippen LogP contribution in [0.5, 0.6) is 5.88 Å². The molecule has 0 bridgehead atoms. The summed E-state index contributed by atoms with van der Waals surface area (Å²) in [6.45, 7) is 3.67. The van der Waals surface area contributed by atoms with Gasteiger partial charge in [0.05, 0.1) is 22.2 Å². The number of hydrogen-bond donors (Lipinski definition) is 3. The zero-order valence-electron chi connectivity index (χ0n) is 29.6. The number of halogens is 1. The van der Waals surface area contributed by atoms with E-state index < -0.39 is 74.4 Å². The van der Waals surface area contributed by atoms with Crippen molar-refractivity contribution in [1.29, 1.82) is 0 Å². The van der Waals surface area contributed by atoms with E-state index in [9.17, 15) is 32.0 Å². The molecule has 282 valence electrons. The van der Waals surface area contributed by atoms with Crippen LogP contribution in [0.25, 0.3) is 11.0 Å². The molecule has 5 atom stereocenters. The molecule has 2 saturated carbocycles. The highest BCUT2D eigenvalue weighted by Crippen LogP contribution is 2.46. The molecule has 13 nitrogen and oxygen atoms in total. The van der Waals surface area contributed by atoms with Crippen LogP contribution in [0.1, 0.15) is 85.0 Å². The van der Waals surface area contributed by atoms with Crippen molar-refractivity contribution in [1.82, 2.24) is 30.2 Å². The number of thiophene rings is 1. The van der Waals surface area contributed by atoms with Gasteiger partial charge in [0.2, 0.25) is 27.7 Å². The summed E-state index contributed by atoms with van der Waals surface area (Å²) in [5, 5.41) is 5.13. The molecule has 53 heavy (non-hydrogen) atoms. The number of amides is 4. The summed E-state index contributed by atoms with van der Waals surface area (Å²) in [7, 11) is -3.90. The first kappa shape index (κ1) is 36.9. The number of fused-ring (bicyclic) bond motifs is 3. The van der Waals surface area contributed by atoms with E-state index in [-0.39, 0.29) is 30.8 Å². The first-order valence-electron chi connectivity index (χ1n) is 18.2. The van der Waals surface area contributed by atoms with Crippen LogP contribution in [0.2, 0.25) is 0 Å². The van der Waals surface area contributed by atoms with Crippen molar-refractivity contribution >= 4 is 56.0 Å². The molecule has 7 rings (SSSR count). The van der Waals surface area contributed by atoms with Gasteiger partial charge in [0.15, 0.2) is 5.82 Å². The summed E-state index contributed by atoms with van der Waals surface area (Å²) in [6, 6.07) is 5.89. The minimum absolute atomic E-state index is 0.0128. The minimum atomic E-state index is -3.90. The van der Waals surface area contributed by atoms with Gasteiger partial charge >= 0.3 is 0 Å². The Bertz CT molecular complexity index is 2090. The van der Waals surface area contributed by atoms with Gasteiger partial charge in [-0.3, -0.25) is 23.9 Å². The molecule has 2 aliphatic carbocycles. The Morgan fingerprint density at radius 1 is 1.11 bits per heavy atom. The quantitative estimate of drug-likeness (QED) is 0.288. The number of sulfonamides is 1. The van der Waals surface area contributed by atoms with Crippen molar-refractivity contribution < 1.29 is 36.7 Å². The number of nitrogens with zero attached hydrogens (tertiary/aromatic N) is 3. The van der Waals surface area contributed by atoms with Crippen LogP contribution in [0.3, 0.4) is 0 Å². The Balaban J connectivity index is 1.21. The summed E-state index contributed by atoms with van der Waals surface area (Å²) < 4.78 is 48.9. The predicted octanol–water partition coefficient (Wildman–Crippen LogP) is 3.85. The molecule has 2 aromatic heterocycles. The van der Waals surface area contributed by atoms with E-state index in [1.165, 1.54) is 22.3 Å². The smallest absolute Gasteiger partial charge is 0.262 e. The third kappa shape index (κ3) is 7.79. The summed E-state index contributed by atoms with van der Waals surface area (Å²) in [5.41, 5.74) is -0.664. The first-order valence-corrected chi connectivity index (χ1v) is 20.6. The van der Waals surface area contributed by atoms with E-state index in [0.717, 1.165) is 17.7 Å². The molecule has 0 radical (unpaired) electrons.